The number of rotatable bonds is 2. The fourth-order valence-electron chi connectivity index (χ4n) is 1.79. The summed E-state index contributed by atoms with van der Waals surface area (Å²) in [6, 6.07) is 11.1. The average Bonchev–Trinajstić information content (AvgIpc) is 3.03. The summed E-state index contributed by atoms with van der Waals surface area (Å²) in [5.74, 6) is 1.96. The minimum atomic E-state index is 0.218. The molecule has 19 heavy (non-hydrogen) atoms. The van der Waals surface area contributed by atoms with Gasteiger partial charge in [-0.3, -0.25) is 0 Å². The molecule has 1 aliphatic heterocycles. The van der Waals surface area contributed by atoms with Crippen molar-refractivity contribution in [1.29, 1.82) is 5.26 Å². The molecule has 0 fully saturated rings. The highest BCUT2D eigenvalue weighted by Crippen LogP contribution is 2.34. The van der Waals surface area contributed by atoms with Crippen molar-refractivity contribution in [1.82, 2.24) is 0 Å². The van der Waals surface area contributed by atoms with Crippen LogP contribution < -0.4 is 9.47 Å². The summed E-state index contributed by atoms with van der Waals surface area (Å²) in [6.45, 7) is 0.218. The Morgan fingerprint density at radius 3 is 2.79 bits per heavy atom. The van der Waals surface area contributed by atoms with E-state index < -0.39 is 0 Å². The largest absolute Gasteiger partial charge is 0.454 e. The lowest BCUT2D eigenvalue weighted by atomic mass is 10.1. The number of hydrogen-bond donors (Lipinski definition) is 0. The Hall–Kier alpha value is -2.19. The summed E-state index contributed by atoms with van der Waals surface area (Å²) < 4.78 is 16.5. The van der Waals surface area contributed by atoms with Gasteiger partial charge < -0.3 is 13.9 Å². The summed E-state index contributed by atoms with van der Waals surface area (Å²) in [5.41, 5.74) is 1.26. The summed E-state index contributed by atoms with van der Waals surface area (Å²) in [7, 11) is 0. The van der Waals surface area contributed by atoms with E-state index in [-0.39, 0.29) is 6.79 Å². The van der Waals surface area contributed by atoms with Crippen LogP contribution in [-0.2, 0) is 0 Å². The molecular weight excluding hydrogens is 310 g/mol. The molecule has 1 aromatic carbocycles. The molecule has 0 unspecified atom stereocenters. The first-order chi connectivity index (χ1) is 9.26. The zero-order chi connectivity index (χ0) is 13.2. The quantitative estimate of drug-likeness (QED) is 0.790. The lowest BCUT2D eigenvalue weighted by molar-refractivity contribution is 0.174. The molecule has 0 amide bonds. The second-order valence-electron chi connectivity index (χ2n) is 3.88. The number of fused-ring (bicyclic) bond motifs is 1. The first-order valence-corrected chi connectivity index (χ1v) is 6.33. The maximum Gasteiger partial charge on any atom is 0.231 e. The summed E-state index contributed by atoms with van der Waals surface area (Å²) >= 11 is 3.23. The minimum absolute atomic E-state index is 0.218. The predicted octanol–water partition coefficient (Wildman–Crippen LogP) is 3.83. The highest BCUT2D eigenvalue weighted by atomic mass is 79.9. The van der Waals surface area contributed by atoms with Gasteiger partial charge in [-0.1, -0.05) is 0 Å². The fraction of sp³-hybridized carbons (Fsp3) is 0.0714. The maximum atomic E-state index is 9.25. The zero-order valence-electron chi connectivity index (χ0n) is 9.72. The lowest BCUT2D eigenvalue weighted by Gasteiger charge is -2.01. The van der Waals surface area contributed by atoms with Crippen LogP contribution in [0.4, 0.5) is 0 Å². The van der Waals surface area contributed by atoms with Gasteiger partial charge in [-0.2, -0.15) is 5.26 Å². The Bertz CT molecular complexity index is 697. The minimum Gasteiger partial charge on any atom is -0.454 e. The third-order valence-corrected chi connectivity index (χ3v) is 3.11. The molecule has 4 nitrogen and oxygen atoms in total. The van der Waals surface area contributed by atoms with Crippen molar-refractivity contribution >= 4 is 27.6 Å². The van der Waals surface area contributed by atoms with Crippen molar-refractivity contribution < 1.29 is 13.9 Å². The van der Waals surface area contributed by atoms with Gasteiger partial charge >= 0.3 is 0 Å². The number of furan rings is 1. The van der Waals surface area contributed by atoms with Crippen LogP contribution in [0.15, 0.2) is 39.4 Å². The van der Waals surface area contributed by atoms with E-state index in [4.69, 9.17) is 13.9 Å². The smallest absolute Gasteiger partial charge is 0.231 e. The summed E-state index contributed by atoms with van der Waals surface area (Å²) in [6.07, 6.45) is 1.68. The van der Waals surface area contributed by atoms with E-state index >= 15 is 0 Å². The van der Waals surface area contributed by atoms with Gasteiger partial charge in [0.1, 0.15) is 5.76 Å². The third kappa shape index (κ3) is 2.35. The van der Waals surface area contributed by atoms with Crippen molar-refractivity contribution in [3.05, 3.63) is 46.3 Å². The molecule has 0 radical (unpaired) electrons. The molecular formula is C14H8BrNO3. The normalized spacial score (nSPS) is 13.4. The molecule has 0 saturated carbocycles. The summed E-state index contributed by atoms with van der Waals surface area (Å²) in [4.78, 5) is 0. The first kappa shape index (κ1) is 11.9. The number of ether oxygens (including phenoxy) is 2. The van der Waals surface area contributed by atoms with Gasteiger partial charge in [0.25, 0.3) is 0 Å². The number of allylic oxidation sites excluding steroid dienone is 1. The monoisotopic (exact) mass is 317 g/mol. The standard InChI is InChI=1S/C14H8BrNO3/c15-14-4-2-11(19-14)5-10(7-16)9-1-3-12-13(6-9)18-8-17-12/h1-6H,8H2. The van der Waals surface area contributed by atoms with Crippen LogP contribution in [0, 0.1) is 11.3 Å². The third-order valence-electron chi connectivity index (χ3n) is 2.68. The molecule has 0 saturated heterocycles. The molecule has 0 bridgehead atoms. The second-order valence-corrected chi connectivity index (χ2v) is 4.66. The molecule has 0 aliphatic carbocycles. The van der Waals surface area contributed by atoms with E-state index in [1.807, 2.05) is 6.07 Å². The second kappa shape index (κ2) is 4.82. The van der Waals surface area contributed by atoms with Crippen LogP contribution in [-0.4, -0.2) is 6.79 Å². The van der Waals surface area contributed by atoms with Gasteiger partial charge in [-0.15, -0.1) is 0 Å². The number of benzene rings is 1. The van der Waals surface area contributed by atoms with Crippen LogP contribution in [0.25, 0.3) is 11.6 Å². The van der Waals surface area contributed by atoms with Crippen molar-refractivity contribution in [2.24, 2.45) is 0 Å². The van der Waals surface area contributed by atoms with Gasteiger partial charge in [-0.25, -0.2) is 0 Å². The molecule has 0 atom stereocenters. The van der Waals surface area contributed by atoms with E-state index in [2.05, 4.69) is 22.0 Å². The van der Waals surface area contributed by atoms with Crippen LogP contribution in [0.1, 0.15) is 11.3 Å². The van der Waals surface area contributed by atoms with Crippen molar-refractivity contribution in [3.63, 3.8) is 0 Å². The van der Waals surface area contributed by atoms with Crippen molar-refractivity contribution in [3.8, 4) is 17.6 Å². The Labute approximate surface area is 118 Å². The van der Waals surface area contributed by atoms with Gasteiger partial charge in [0.05, 0.1) is 11.6 Å². The van der Waals surface area contributed by atoms with Gasteiger partial charge in [-0.05, 0) is 57.9 Å². The van der Waals surface area contributed by atoms with Crippen LogP contribution in [0.2, 0.25) is 0 Å². The van der Waals surface area contributed by atoms with Crippen molar-refractivity contribution in [2.75, 3.05) is 6.79 Å². The highest BCUT2D eigenvalue weighted by molar-refractivity contribution is 9.10. The molecule has 2 aromatic rings. The Morgan fingerprint density at radius 2 is 2.05 bits per heavy atom. The molecule has 1 aromatic heterocycles. The maximum absolute atomic E-state index is 9.25. The molecule has 2 heterocycles. The highest BCUT2D eigenvalue weighted by Gasteiger charge is 2.14. The van der Waals surface area contributed by atoms with Gasteiger partial charge in [0.15, 0.2) is 16.2 Å². The van der Waals surface area contributed by atoms with Gasteiger partial charge in [0.2, 0.25) is 6.79 Å². The number of hydrogen-bond acceptors (Lipinski definition) is 4. The first-order valence-electron chi connectivity index (χ1n) is 5.53. The zero-order valence-corrected chi connectivity index (χ0v) is 11.3. The number of halogens is 1. The number of nitriles is 1. The van der Waals surface area contributed by atoms with E-state index in [0.29, 0.717) is 27.5 Å². The SMILES string of the molecule is N#CC(=Cc1ccc(Br)o1)c1ccc2c(c1)OCO2. The average molecular weight is 318 g/mol. The van der Waals surface area contributed by atoms with Crippen molar-refractivity contribution in [2.45, 2.75) is 0 Å². The Kier molecular flexibility index (Phi) is 3.02. The van der Waals surface area contributed by atoms with Crippen LogP contribution in [0.3, 0.4) is 0 Å². The number of nitrogens with zero attached hydrogens (tertiary/aromatic N) is 1. The molecule has 0 N–H and O–H groups in total. The molecule has 0 spiro atoms. The molecule has 1 aliphatic rings. The lowest BCUT2D eigenvalue weighted by Crippen LogP contribution is -1.92. The summed E-state index contributed by atoms with van der Waals surface area (Å²) in [5, 5.41) is 9.25. The molecule has 94 valence electrons. The Morgan fingerprint density at radius 1 is 1.21 bits per heavy atom. The molecule has 3 rings (SSSR count). The van der Waals surface area contributed by atoms with E-state index in [1.54, 1.807) is 30.3 Å². The Balaban J connectivity index is 1.99. The van der Waals surface area contributed by atoms with E-state index in [1.165, 1.54) is 0 Å². The fourth-order valence-corrected chi connectivity index (χ4v) is 2.11. The van der Waals surface area contributed by atoms with Crippen LogP contribution >= 0.6 is 15.9 Å². The van der Waals surface area contributed by atoms with E-state index in [0.717, 1.165) is 5.56 Å². The predicted molar refractivity (Wildman–Crippen MR) is 72.5 cm³/mol. The van der Waals surface area contributed by atoms with Gasteiger partial charge in [0, 0.05) is 0 Å². The topological polar surface area (TPSA) is 55.4 Å². The van der Waals surface area contributed by atoms with E-state index in [9.17, 15) is 5.26 Å². The van der Waals surface area contributed by atoms with Crippen LogP contribution in [0.5, 0.6) is 11.5 Å². The molecule has 5 heteroatoms.